The second kappa shape index (κ2) is 7.24. The highest BCUT2D eigenvalue weighted by Gasteiger charge is 2.12. The van der Waals surface area contributed by atoms with Gasteiger partial charge in [0.05, 0.1) is 0 Å². The van der Waals surface area contributed by atoms with Gasteiger partial charge in [-0.05, 0) is 18.1 Å². The standard InChI is InChI=1S/C13H16N2O3/c14-11(13(17)18)6-7-12(16)15-9-8-10-4-2-1-3-5-10/h1-5,8-9,11H,6-7,14H2,(H,15,16)(H,17,18). The molecule has 5 nitrogen and oxygen atoms in total. The van der Waals surface area contributed by atoms with Gasteiger partial charge in [-0.2, -0.15) is 0 Å². The van der Waals surface area contributed by atoms with Gasteiger partial charge < -0.3 is 16.2 Å². The Bertz CT molecular complexity index is 429. The summed E-state index contributed by atoms with van der Waals surface area (Å²) in [5.74, 6) is -1.35. The number of carboxylic acids is 1. The number of carboxylic acid groups (broad SMARTS) is 1. The van der Waals surface area contributed by atoms with Crippen molar-refractivity contribution in [3.8, 4) is 0 Å². The normalized spacial score (nSPS) is 12.3. The number of carbonyl (C=O) groups excluding carboxylic acids is 1. The zero-order valence-corrected chi connectivity index (χ0v) is 9.87. The maximum atomic E-state index is 11.3. The number of hydrogen-bond acceptors (Lipinski definition) is 3. The third-order valence-electron chi connectivity index (χ3n) is 2.32. The molecule has 0 radical (unpaired) electrons. The topological polar surface area (TPSA) is 92.4 Å². The molecule has 0 aliphatic heterocycles. The summed E-state index contributed by atoms with van der Waals surface area (Å²) in [6.45, 7) is 0. The number of amides is 1. The highest BCUT2D eigenvalue weighted by atomic mass is 16.4. The van der Waals surface area contributed by atoms with Crippen molar-refractivity contribution in [3.63, 3.8) is 0 Å². The number of rotatable bonds is 6. The summed E-state index contributed by atoms with van der Waals surface area (Å²) in [6.07, 6.45) is 3.51. The van der Waals surface area contributed by atoms with Crippen LogP contribution in [0.5, 0.6) is 0 Å². The molecule has 18 heavy (non-hydrogen) atoms. The third-order valence-corrected chi connectivity index (χ3v) is 2.32. The lowest BCUT2D eigenvalue weighted by Crippen LogP contribution is -2.31. The van der Waals surface area contributed by atoms with Gasteiger partial charge in [-0.1, -0.05) is 30.3 Å². The van der Waals surface area contributed by atoms with E-state index in [9.17, 15) is 9.59 Å². The second-order valence-electron chi connectivity index (χ2n) is 3.79. The Morgan fingerprint density at radius 2 is 2.00 bits per heavy atom. The summed E-state index contributed by atoms with van der Waals surface area (Å²) in [6, 6.07) is 8.52. The SMILES string of the molecule is NC(CCC(=O)NC=Cc1ccccc1)C(=O)O. The van der Waals surface area contributed by atoms with Crippen LogP contribution in [0.25, 0.3) is 6.08 Å². The summed E-state index contributed by atoms with van der Waals surface area (Å²) in [5.41, 5.74) is 6.26. The van der Waals surface area contributed by atoms with Gasteiger partial charge in [0.25, 0.3) is 0 Å². The first-order valence-electron chi connectivity index (χ1n) is 5.59. The largest absolute Gasteiger partial charge is 0.480 e. The molecule has 96 valence electrons. The molecular formula is C13H16N2O3. The zero-order chi connectivity index (χ0) is 13.4. The van der Waals surface area contributed by atoms with Crippen LogP contribution in [0.4, 0.5) is 0 Å². The zero-order valence-electron chi connectivity index (χ0n) is 9.87. The van der Waals surface area contributed by atoms with Crippen molar-refractivity contribution in [1.82, 2.24) is 5.32 Å². The first kappa shape index (κ1) is 13.9. The minimum Gasteiger partial charge on any atom is -0.480 e. The van der Waals surface area contributed by atoms with Crippen LogP contribution in [-0.4, -0.2) is 23.0 Å². The lowest BCUT2D eigenvalue weighted by Gasteiger charge is -2.04. The van der Waals surface area contributed by atoms with E-state index >= 15 is 0 Å². The Morgan fingerprint density at radius 1 is 1.33 bits per heavy atom. The molecule has 0 bridgehead atoms. The van der Waals surface area contributed by atoms with Crippen molar-refractivity contribution in [2.24, 2.45) is 5.73 Å². The minimum absolute atomic E-state index is 0.0899. The van der Waals surface area contributed by atoms with Crippen LogP contribution >= 0.6 is 0 Å². The van der Waals surface area contributed by atoms with Gasteiger partial charge in [0.2, 0.25) is 5.91 Å². The molecule has 0 aliphatic carbocycles. The average Bonchev–Trinajstić information content (AvgIpc) is 2.37. The molecule has 0 saturated heterocycles. The molecule has 1 aromatic rings. The van der Waals surface area contributed by atoms with Gasteiger partial charge in [0.15, 0.2) is 0 Å². The lowest BCUT2D eigenvalue weighted by molar-refractivity contribution is -0.138. The van der Waals surface area contributed by atoms with Gasteiger partial charge in [0, 0.05) is 12.6 Å². The molecular weight excluding hydrogens is 232 g/mol. The van der Waals surface area contributed by atoms with Crippen LogP contribution in [0.2, 0.25) is 0 Å². The lowest BCUT2D eigenvalue weighted by atomic mass is 10.1. The van der Waals surface area contributed by atoms with Gasteiger partial charge in [-0.3, -0.25) is 9.59 Å². The fraction of sp³-hybridized carbons (Fsp3) is 0.231. The average molecular weight is 248 g/mol. The Balaban J connectivity index is 2.29. The Hall–Kier alpha value is -2.14. The minimum atomic E-state index is -1.09. The van der Waals surface area contributed by atoms with Gasteiger partial charge in [0.1, 0.15) is 6.04 Å². The van der Waals surface area contributed by atoms with Crippen molar-refractivity contribution in [2.75, 3.05) is 0 Å². The third kappa shape index (κ3) is 5.27. The highest BCUT2D eigenvalue weighted by molar-refractivity contribution is 5.79. The van der Waals surface area contributed by atoms with Gasteiger partial charge in [-0.15, -0.1) is 0 Å². The molecule has 1 amide bonds. The van der Waals surface area contributed by atoms with Crippen LogP contribution < -0.4 is 11.1 Å². The molecule has 1 rings (SSSR count). The van der Waals surface area contributed by atoms with E-state index < -0.39 is 12.0 Å². The first-order valence-corrected chi connectivity index (χ1v) is 5.59. The molecule has 0 heterocycles. The van der Waals surface area contributed by atoms with Crippen LogP contribution in [0.1, 0.15) is 18.4 Å². The van der Waals surface area contributed by atoms with Crippen molar-refractivity contribution < 1.29 is 14.7 Å². The quantitative estimate of drug-likeness (QED) is 0.699. The Kier molecular flexibility index (Phi) is 5.60. The molecule has 0 aliphatic rings. The molecule has 1 atom stereocenters. The van der Waals surface area contributed by atoms with E-state index in [2.05, 4.69) is 5.32 Å². The van der Waals surface area contributed by atoms with Crippen molar-refractivity contribution >= 4 is 18.0 Å². The summed E-state index contributed by atoms with van der Waals surface area (Å²) in [7, 11) is 0. The van der Waals surface area contributed by atoms with E-state index in [0.29, 0.717) is 0 Å². The molecule has 1 aromatic carbocycles. The number of carbonyl (C=O) groups is 2. The predicted octanol–water partition coefficient (Wildman–Crippen LogP) is 0.966. The van der Waals surface area contributed by atoms with E-state index in [1.54, 1.807) is 6.08 Å². The van der Waals surface area contributed by atoms with Crippen LogP contribution in [0, 0.1) is 0 Å². The van der Waals surface area contributed by atoms with Gasteiger partial charge >= 0.3 is 5.97 Å². The van der Waals surface area contributed by atoms with Crippen LogP contribution in [0.3, 0.4) is 0 Å². The monoisotopic (exact) mass is 248 g/mol. The molecule has 0 saturated carbocycles. The van der Waals surface area contributed by atoms with Crippen molar-refractivity contribution in [1.29, 1.82) is 0 Å². The predicted molar refractivity (Wildman–Crippen MR) is 68.5 cm³/mol. The maximum absolute atomic E-state index is 11.3. The van der Waals surface area contributed by atoms with Crippen LogP contribution in [-0.2, 0) is 9.59 Å². The van der Waals surface area contributed by atoms with E-state index in [4.69, 9.17) is 10.8 Å². The fourth-order valence-electron chi connectivity index (χ4n) is 1.28. The number of aliphatic carboxylic acids is 1. The summed E-state index contributed by atoms with van der Waals surface area (Å²) >= 11 is 0. The Morgan fingerprint density at radius 3 is 2.61 bits per heavy atom. The summed E-state index contributed by atoms with van der Waals surface area (Å²) in [5, 5.41) is 11.1. The smallest absolute Gasteiger partial charge is 0.320 e. The molecule has 5 heteroatoms. The summed E-state index contributed by atoms with van der Waals surface area (Å²) < 4.78 is 0. The number of benzene rings is 1. The fourth-order valence-corrected chi connectivity index (χ4v) is 1.28. The number of hydrogen-bond donors (Lipinski definition) is 3. The first-order chi connectivity index (χ1) is 8.59. The maximum Gasteiger partial charge on any atom is 0.320 e. The van der Waals surface area contributed by atoms with E-state index in [1.807, 2.05) is 30.3 Å². The van der Waals surface area contributed by atoms with Crippen molar-refractivity contribution in [3.05, 3.63) is 42.1 Å². The number of nitrogens with two attached hydrogens (primary N) is 1. The molecule has 0 spiro atoms. The van der Waals surface area contributed by atoms with E-state index in [1.165, 1.54) is 6.20 Å². The van der Waals surface area contributed by atoms with E-state index in [-0.39, 0.29) is 18.7 Å². The molecule has 0 fully saturated rings. The molecule has 1 unspecified atom stereocenters. The molecule has 4 N–H and O–H groups in total. The van der Waals surface area contributed by atoms with Crippen LogP contribution in [0.15, 0.2) is 36.5 Å². The summed E-state index contributed by atoms with van der Waals surface area (Å²) in [4.78, 5) is 21.8. The number of nitrogens with one attached hydrogen (secondary N) is 1. The van der Waals surface area contributed by atoms with E-state index in [0.717, 1.165) is 5.56 Å². The Labute approximate surface area is 105 Å². The van der Waals surface area contributed by atoms with Crippen molar-refractivity contribution in [2.45, 2.75) is 18.9 Å². The second-order valence-corrected chi connectivity index (χ2v) is 3.79. The highest BCUT2D eigenvalue weighted by Crippen LogP contribution is 2.00. The molecule has 0 aromatic heterocycles. The van der Waals surface area contributed by atoms with Gasteiger partial charge in [-0.25, -0.2) is 0 Å².